The molecule has 34 heavy (non-hydrogen) atoms. The molecule has 1 aliphatic heterocycles. The van der Waals surface area contributed by atoms with E-state index in [4.69, 9.17) is 4.74 Å². The van der Waals surface area contributed by atoms with Crippen LogP contribution in [0.5, 0.6) is 0 Å². The van der Waals surface area contributed by atoms with Crippen LogP contribution in [0.2, 0.25) is 0 Å². The summed E-state index contributed by atoms with van der Waals surface area (Å²) in [6, 6.07) is 23.3. The van der Waals surface area contributed by atoms with Crippen molar-refractivity contribution in [3.8, 4) is 22.3 Å². The van der Waals surface area contributed by atoms with Crippen LogP contribution in [0, 0.1) is 17.5 Å². The molecule has 0 saturated carbocycles. The molecule has 1 saturated heterocycles. The lowest BCUT2D eigenvalue weighted by Crippen LogP contribution is -1.93. The van der Waals surface area contributed by atoms with Gasteiger partial charge in [0.15, 0.2) is 11.6 Å². The quantitative estimate of drug-likeness (QED) is 0.210. The molecular formula is C30H23F3O. The second-order valence-electron chi connectivity index (χ2n) is 8.39. The summed E-state index contributed by atoms with van der Waals surface area (Å²) in [4.78, 5) is 0. The molecule has 0 bridgehead atoms. The Hall–Kier alpha value is -3.63. The molecule has 4 aromatic rings. The molecule has 0 amide bonds. The van der Waals surface area contributed by atoms with Gasteiger partial charge in [0.2, 0.25) is 0 Å². The van der Waals surface area contributed by atoms with Crippen molar-refractivity contribution in [3.63, 3.8) is 0 Å². The molecule has 1 fully saturated rings. The predicted octanol–water partition coefficient (Wildman–Crippen LogP) is 8.24. The molecule has 0 aliphatic carbocycles. The fourth-order valence-electron chi connectivity index (χ4n) is 4.00. The van der Waals surface area contributed by atoms with Gasteiger partial charge in [0.05, 0.1) is 6.61 Å². The zero-order valence-electron chi connectivity index (χ0n) is 18.7. The summed E-state index contributed by atoms with van der Waals surface area (Å²) in [6.45, 7) is 2.61. The second kappa shape index (κ2) is 9.32. The van der Waals surface area contributed by atoms with Crippen molar-refractivity contribution in [2.24, 2.45) is 0 Å². The molecule has 4 heteroatoms. The predicted molar refractivity (Wildman–Crippen MR) is 131 cm³/mol. The molecule has 1 aliphatic rings. The molecule has 1 unspecified atom stereocenters. The zero-order valence-corrected chi connectivity index (χ0v) is 18.7. The standard InChI is InChI=1S/C30H23F3O/c1-2-19-3-10-22(11-4-19)25-15-13-23(29(32)30(25)33)12-7-20-5-8-21(9-6-20)24-14-16-26(27(31)17-24)28-18-34-28/h3-17,28H,2,18H2,1H3/b12-7+. The van der Waals surface area contributed by atoms with Gasteiger partial charge in [0, 0.05) is 16.7 Å². The third-order valence-electron chi connectivity index (χ3n) is 6.17. The van der Waals surface area contributed by atoms with Crippen LogP contribution in [0.3, 0.4) is 0 Å². The van der Waals surface area contributed by atoms with Gasteiger partial charge in [-0.05, 0) is 40.3 Å². The number of halogens is 3. The molecule has 5 rings (SSSR count). The van der Waals surface area contributed by atoms with E-state index in [1.165, 1.54) is 6.07 Å². The van der Waals surface area contributed by atoms with E-state index in [1.54, 1.807) is 30.4 Å². The molecule has 0 N–H and O–H groups in total. The van der Waals surface area contributed by atoms with Gasteiger partial charge in [-0.1, -0.05) is 91.9 Å². The van der Waals surface area contributed by atoms with Crippen molar-refractivity contribution >= 4 is 12.2 Å². The maximum absolute atomic E-state index is 14.8. The lowest BCUT2D eigenvalue weighted by molar-refractivity contribution is 0.408. The summed E-state index contributed by atoms with van der Waals surface area (Å²) in [6.07, 6.45) is 4.05. The van der Waals surface area contributed by atoms with E-state index >= 15 is 0 Å². The monoisotopic (exact) mass is 456 g/mol. The Morgan fingerprint density at radius 1 is 0.765 bits per heavy atom. The third-order valence-corrected chi connectivity index (χ3v) is 6.17. The van der Waals surface area contributed by atoms with E-state index in [2.05, 4.69) is 0 Å². The van der Waals surface area contributed by atoms with Crippen molar-refractivity contribution in [2.45, 2.75) is 19.4 Å². The van der Waals surface area contributed by atoms with Crippen molar-refractivity contribution in [3.05, 3.63) is 119 Å². The van der Waals surface area contributed by atoms with Gasteiger partial charge in [-0.25, -0.2) is 13.2 Å². The summed E-state index contributed by atoms with van der Waals surface area (Å²) >= 11 is 0. The largest absolute Gasteiger partial charge is 0.368 e. The summed E-state index contributed by atoms with van der Waals surface area (Å²) in [5, 5.41) is 0. The van der Waals surface area contributed by atoms with E-state index in [-0.39, 0.29) is 23.0 Å². The number of hydrogen-bond donors (Lipinski definition) is 0. The maximum atomic E-state index is 14.8. The van der Waals surface area contributed by atoms with Crippen molar-refractivity contribution < 1.29 is 17.9 Å². The third kappa shape index (κ3) is 4.55. The minimum Gasteiger partial charge on any atom is -0.368 e. The fourth-order valence-corrected chi connectivity index (χ4v) is 4.00. The van der Waals surface area contributed by atoms with Gasteiger partial charge in [0.25, 0.3) is 0 Å². The number of benzene rings is 4. The van der Waals surface area contributed by atoms with Gasteiger partial charge in [-0.15, -0.1) is 0 Å². The van der Waals surface area contributed by atoms with Gasteiger partial charge >= 0.3 is 0 Å². The molecule has 1 heterocycles. The number of ether oxygens (including phenoxy) is 1. The minimum atomic E-state index is -0.875. The first kappa shape index (κ1) is 22.2. The van der Waals surface area contributed by atoms with E-state index in [0.29, 0.717) is 17.7 Å². The highest BCUT2D eigenvalue weighted by atomic mass is 19.2. The average molecular weight is 457 g/mol. The Bertz CT molecular complexity index is 1350. The van der Waals surface area contributed by atoms with Crippen LogP contribution in [0.4, 0.5) is 13.2 Å². The Labute approximate surface area is 197 Å². The van der Waals surface area contributed by atoms with E-state index in [9.17, 15) is 13.2 Å². The summed E-state index contributed by atoms with van der Waals surface area (Å²) < 4.78 is 49.0. The molecule has 0 radical (unpaired) electrons. The van der Waals surface area contributed by atoms with Crippen LogP contribution in [-0.2, 0) is 11.2 Å². The molecule has 1 atom stereocenters. The van der Waals surface area contributed by atoms with Crippen molar-refractivity contribution in [1.82, 2.24) is 0 Å². The van der Waals surface area contributed by atoms with Crippen LogP contribution in [-0.4, -0.2) is 6.61 Å². The van der Waals surface area contributed by atoms with E-state index in [0.717, 1.165) is 28.7 Å². The number of hydrogen-bond acceptors (Lipinski definition) is 1. The Morgan fingerprint density at radius 3 is 2.09 bits per heavy atom. The fraction of sp³-hybridized carbons (Fsp3) is 0.133. The summed E-state index contributed by atoms with van der Waals surface area (Å²) in [5.74, 6) is -2.00. The van der Waals surface area contributed by atoms with Gasteiger partial charge in [-0.2, -0.15) is 0 Å². The highest BCUT2D eigenvalue weighted by molar-refractivity contribution is 5.74. The van der Waals surface area contributed by atoms with Gasteiger partial charge in [0.1, 0.15) is 11.9 Å². The molecule has 0 spiro atoms. The SMILES string of the molecule is CCc1ccc(-c2ccc(/C=C/c3ccc(-c4ccc(C5CO5)c(F)c4)cc3)c(F)c2F)cc1. The van der Waals surface area contributed by atoms with E-state index < -0.39 is 11.6 Å². The first-order valence-corrected chi connectivity index (χ1v) is 11.3. The van der Waals surface area contributed by atoms with Gasteiger partial charge < -0.3 is 4.74 Å². The first-order valence-electron chi connectivity index (χ1n) is 11.3. The number of aryl methyl sites for hydroxylation is 1. The molecule has 1 nitrogen and oxygen atoms in total. The lowest BCUT2D eigenvalue weighted by atomic mass is 9.99. The Balaban J connectivity index is 1.33. The maximum Gasteiger partial charge on any atom is 0.167 e. The van der Waals surface area contributed by atoms with Crippen LogP contribution in [0.25, 0.3) is 34.4 Å². The Morgan fingerprint density at radius 2 is 1.44 bits per heavy atom. The van der Waals surface area contributed by atoms with Crippen LogP contribution >= 0.6 is 0 Å². The lowest BCUT2D eigenvalue weighted by Gasteiger charge is -2.08. The minimum absolute atomic E-state index is 0.123. The topological polar surface area (TPSA) is 12.5 Å². The molecule has 170 valence electrons. The van der Waals surface area contributed by atoms with E-state index in [1.807, 2.05) is 61.5 Å². The molecule has 0 aromatic heterocycles. The molecular weight excluding hydrogens is 433 g/mol. The zero-order chi connectivity index (χ0) is 23.7. The highest BCUT2D eigenvalue weighted by Gasteiger charge is 2.27. The van der Waals surface area contributed by atoms with Crippen molar-refractivity contribution in [1.29, 1.82) is 0 Å². The molecule has 4 aromatic carbocycles. The van der Waals surface area contributed by atoms with Crippen molar-refractivity contribution in [2.75, 3.05) is 6.61 Å². The van der Waals surface area contributed by atoms with Gasteiger partial charge in [-0.3, -0.25) is 0 Å². The van der Waals surface area contributed by atoms with Crippen LogP contribution in [0.15, 0.2) is 78.9 Å². The second-order valence-corrected chi connectivity index (χ2v) is 8.39. The smallest absolute Gasteiger partial charge is 0.167 e. The first-order chi connectivity index (χ1) is 16.5. The van der Waals surface area contributed by atoms with Crippen LogP contribution in [0.1, 0.15) is 35.3 Å². The normalized spacial score (nSPS) is 15.1. The Kier molecular flexibility index (Phi) is 6.08. The summed E-state index contributed by atoms with van der Waals surface area (Å²) in [7, 11) is 0. The highest BCUT2D eigenvalue weighted by Crippen LogP contribution is 2.34. The average Bonchev–Trinajstić information content (AvgIpc) is 3.71. The number of epoxide rings is 1. The van der Waals surface area contributed by atoms with Crippen LogP contribution < -0.4 is 0 Å². The summed E-state index contributed by atoms with van der Waals surface area (Å²) in [5.41, 5.74) is 5.26. The number of rotatable bonds is 6.